The summed E-state index contributed by atoms with van der Waals surface area (Å²) in [6.45, 7) is 2.29. The molecular weight excluding hydrogens is 499 g/mol. The Bertz CT molecular complexity index is 1720. The van der Waals surface area contributed by atoms with Crippen molar-refractivity contribution >= 4 is 34.0 Å². The number of pyridine rings is 2. The standard InChI is InChI=1S/C26H22F3N7O2/c1-14-23-20(13-38-14)19-7-15(3-5-21(19)33-24(23)30)25(37)36(18-8-31-34(2)12-18)11-17-10-35-9-16(26(27,28)29)4-6-22(35)32-17/h3-10,12,14H,11,13H2,1-2H3,(H2,30,33)/t14-/m1/s1. The molecule has 1 amide bonds. The number of imidazole rings is 1. The number of nitrogen functional groups attached to an aromatic ring is 1. The van der Waals surface area contributed by atoms with Crippen LogP contribution < -0.4 is 10.6 Å². The third-order valence-electron chi connectivity index (χ3n) is 6.69. The lowest BCUT2D eigenvalue weighted by Gasteiger charge is -2.20. The van der Waals surface area contributed by atoms with Gasteiger partial charge in [-0.05, 0) is 42.8 Å². The first-order valence-electron chi connectivity index (χ1n) is 11.8. The molecule has 1 aliphatic rings. The predicted octanol–water partition coefficient (Wildman–Crippen LogP) is 4.66. The molecule has 0 saturated heterocycles. The first-order chi connectivity index (χ1) is 18.1. The molecule has 0 aliphatic carbocycles. The van der Waals surface area contributed by atoms with Gasteiger partial charge in [-0.15, -0.1) is 0 Å². The van der Waals surface area contributed by atoms with E-state index in [1.807, 2.05) is 6.92 Å². The van der Waals surface area contributed by atoms with E-state index in [0.717, 1.165) is 28.8 Å². The molecule has 6 rings (SSSR count). The van der Waals surface area contributed by atoms with Crippen LogP contribution in [0.25, 0.3) is 16.6 Å². The molecule has 194 valence electrons. The van der Waals surface area contributed by atoms with Crippen molar-refractivity contribution in [2.24, 2.45) is 7.05 Å². The van der Waals surface area contributed by atoms with E-state index in [-0.39, 0.29) is 18.6 Å². The van der Waals surface area contributed by atoms with Crippen molar-refractivity contribution < 1.29 is 22.7 Å². The molecule has 4 aromatic heterocycles. The van der Waals surface area contributed by atoms with Crippen LogP contribution >= 0.6 is 0 Å². The number of alkyl halides is 3. The van der Waals surface area contributed by atoms with E-state index in [9.17, 15) is 18.0 Å². The van der Waals surface area contributed by atoms with Crippen LogP contribution in [-0.4, -0.2) is 30.1 Å². The summed E-state index contributed by atoms with van der Waals surface area (Å²) in [6.07, 6.45) is 1.03. The molecule has 0 saturated carbocycles. The number of halogens is 3. The molecule has 0 bridgehead atoms. The van der Waals surface area contributed by atoms with E-state index in [0.29, 0.717) is 40.5 Å². The van der Waals surface area contributed by atoms with Gasteiger partial charge < -0.3 is 14.9 Å². The fourth-order valence-electron chi connectivity index (χ4n) is 4.83. The zero-order valence-electron chi connectivity index (χ0n) is 20.4. The monoisotopic (exact) mass is 521 g/mol. The van der Waals surface area contributed by atoms with Crippen LogP contribution in [0.1, 0.15) is 45.8 Å². The van der Waals surface area contributed by atoms with Crippen molar-refractivity contribution in [1.29, 1.82) is 0 Å². The summed E-state index contributed by atoms with van der Waals surface area (Å²) in [4.78, 5) is 24.3. The Morgan fingerprint density at radius 2 is 2.00 bits per heavy atom. The average molecular weight is 522 g/mol. The maximum Gasteiger partial charge on any atom is 0.417 e. The third kappa shape index (κ3) is 4.02. The van der Waals surface area contributed by atoms with Gasteiger partial charge in [0.15, 0.2) is 0 Å². The molecule has 1 atom stereocenters. The lowest BCUT2D eigenvalue weighted by Crippen LogP contribution is -2.30. The first kappa shape index (κ1) is 23.9. The van der Waals surface area contributed by atoms with Gasteiger partial charge in [0, 0.05) is 42.2 Å². The van der Waals surface area contributed by atoms with Gasteiger partial charge in [0.2, 0.25) is 0 Å². The number of hydrogen-bond acceptors (Lipinski definition) is 6. The largest absolute Gasteiger partial charge is 0.417 e. The Morgan fingerprint density at radius 1 is 1.18 bits per heavy atom. The van der Waals surface area contributed by atoms with Crippen LogP contribution in [0.15, 0.2) is 55.1 Å². The number of amides is 1. The maximum absolute atomic E-state index is 13.9. The fraction of sp³-hybridized carbons (Fsp3) is 0.231. The summed E-state index contributed by atoms with van der Waals surface area (Å²) in [5.74, 6) is 0.0829. The summed E-state index contributed by atoms with van der Waals surface area (Å²) in [7, 11) is 1.73. The molecule has 1 aromatic carbocycles. The minimum atomic E-state index is -4.48. The van der Waals surface area contributed by atoms with Gasteiger partial charge in [-0.2, -0.15) is 18.3 Å². The van der Waals surface area contributed by atoms with Crippen molar-refractivity contribution in [1.82, 2.24) is 24.1 Å². The SMILES string of the molecule is C[C@H]1OCc2c1c(N)nc1ccc(C(=O)N(Cc3cn4cc(C(F)(F)F)ccc4n3)c3cnn(C)c3)cc21. The zero-order chi connectivity index (χ0) is 26.8. The van der Waals surface area contributed by atoms with Gasteiger partial charge in [-0.1, -0.05) is 0 Å². The number of ether oxygens (including phenoxy) is 1. The van der Waals surface area contributed by atoms with E-state index in [1.165, 1.54) is 21.6 Å². The third-order valence-corrected chi connectivity index (χ3v) is 6.69. The Balaban J connectivity index is 1.40. The Morgan fingerprint density at radius 3 is 2.74 bits per heavy atom. The van der Waals surface area contributed by atoms with Crippen LogP contribution in [0.4, 0.5) is 24.7 Å². The van der Waals surface area contributed by atoms with Crippen molar-refractivity contribution in [3.8, 4) is 0 Å². The molecule has 0 spiro atoms. The van der Waals surface area contributed by atoms with Crippen molar-refractivity contribution in [2.75, 3.05) is 10.6 Å². The molecule has 9 nitrogen and oxygen atoms in total. The van der Waals surface area contributed by atoms with Gasteiger partial charge in [0.25, 0.3) is 5.91 Å². The molecule has 1 aliphatic heterocycles. The lowest BCUT2D eigenvalue weighted by molar-refractivity contribution is -0.137. The van der Waals surface area contributed by atoms with E-state index in [2.05, 4.69) is 15.1 Å². The van der Waals surface area contributed by atoms with Gasteiger partial charge >= 0.3 is 6.18 Å². The lowest BCUT2D eigenvalue weighted by atomic mass is 10.00. The molecule has 0 unspecified atom stereocenters. The van der Waals surface area contributed by atoms with Crippen molar-refractivity contribution in [3.05, 3.63) is 83.1 Å². The number of rotatable bonds is 4. The number of aromatic nitrogens is 5. The van der Waals surface area contributed by atoms with E-state index < -0.39 is 11.7 Å². The number of benzene rings is 1. The molecule has 5 heterocycles. The van der Waals surface area contributed by atoms with Crippen molar-refractivity contribution in [2.45, 2.75) is 32.4 Å². The summed E-state index contributed by atoms with van der Waals surface area (Å²) in [5.41, 5.74) is 9.43. The van der Waals surface area contributed by atoms with Gasteiger partial charge in [0.05, 0.1) is 47.9 Å². The molecule has 5 aromatic rings. The summed E-state index contributed by atoms with van der Waals surface area (Å²) in [5, 5.41) is 4.96. The Labute approximate surface area is 214 Å². The minimum Gasteiger partial charge on any atom is -0.383 e. The maximum atomic E-state index is 13.9. The summed E-state index contributed by atoms with van der Waals surface area (Å²) in [6, 6.07) is 7.47. The van der Waals surface area contributed by atoms with E-state index in [4.69, 9.17) is 10.5 Å². The number of nitrogens with zero attached hydrogens (tertiary/aromatic N) is 6. The van der Waals surface area contributed by atoms with Gasteiger partial charge in [0.1, 0.15) is 11.5 Å². The molecule has 2 N–H and O–H groups in total. The number of hydrogen-bond donors (Lipinski definition) is 1. The normalized spacial score (nSPS) is 15.3. The highest BCUT2D eigenvalue weighted by Gasteiger charge is 2.31. The highest BCUT2D eigenvalue weighted by atomic mass is 19.4. The second-order valence-corrected chi connectivity index (χ2v) is 9.25. The van der Waals surface area contributed by atoms with Gasteiger partial charge in [-0.3, -0.25) is 14.4 Å². The first-order valence-corrected chi connectivity index (χ1v) is 11.8. The minimum absolute atomic E-state index is 0.0177. The van der Waals surface area contributed by atoms with Crippen LogP contribution in [0, 0.1) is 0 Å². The Hall–Kier alpha value is -4.45. The van der Waals surface area contributed by atoms with E-state index >= 15 is 0 Å². The molecule has 12 heteroatoms. The van der Waals surface area contributed by atoms with Crippen LogP contribution in [0.5, 0.6) is 0 Å². The second-order valence-electron chi connectivity index (χ2n) is 9.25. The molecular formula is C26H22F3N7O2. The number of aryl methyl sites for hydroxylation is 1. The smallest absolute Gasteiger partial charge is 0.383 e. The van der Waals surface area contributed by atoms with Crippen LogP contribution in [-0.2, 0) is 31.1 Å². The van der Waals surface area contributed by atoms with Crippen molar-refractivity contribution in [3.63, 3.8) is 0 Å². The zero-order valence-corrected chi connectivity index (χ0v) is 20.4. The number of nitrogens with two attached hydrogens (primary N) is 1. The quantitative estimate of drug-likeness (QED) is 0.369. The topological polar surface area (TPSA) is 104 Å². The predicted molar refractivity (Wildman–Crippen MR) is 133 cm³/mol. The summed E-state index contributed by atoms with van der Waals surface area (Å²) < 4.78 is 48.1. The fourth-order valence-corrected chi connectivity index (χ4v) is 4.83. The Kier molecular flexibility index (Phi) is 5.38. The van der Waals surface area contributed by atoms with Gasteiger partial charge in [-0.25, -0.2) is 9.97 Å². The molecule has 38 heavy (non-hydrogen) atoms. The molecule has 0 radical (unpaired) electrons. The second kappa shape index (κ2) is 8.55. The molecule has 0 fully saturated rings. The average Bonchev–Trinajstić information content (AvgIpc) is 3.59. The highest BCUT2D eigenvalue weighted by Crippen LogP contribution is 2.38. The van der Waals surface area contributed by atoms with E-state index in [1.54, 1.807) is 42.3 Å². The van der Waals surface area contributed by atoms with Crippen LogP contribution in [0.3, 0.4) is 0 Å². The number of anilines is 2. The number of carbonyl (C=O) groups excluding carboxylic acids is 1. The number of fused-ring (bicyclic) bond motifs is 4. The highest BCUT2D eigenvalue weighted by molar-refractivity contribution is 6.08. The van der Waals surface area contributed by atoms with Crippen LogP contribution in [0.2, 0.25) is 0 Å². The summed E-state index contributed by atoms with van der Waals surface area (Å²) >= 11 is 0. The number of carbonyl (C=O) groups is 1.